The lowest BCUT2D eigenvalue weighted by Crippen LogP contribution is -2.43. The van der Waals surface area contributed by atoms with Crippen LogP contribution in [0.3, 0.4) is 0 Å². The summed E-state index contributed by atoms with van der Waals surface area (Å²) < 4.78 is 5.89. The molecule has 1 amide bonds. The fraction of sp³-hybridized carbons (Fsp3) is 0.562. The van der Waals surface area contributed by atoms with E-state index in [2.05, 4.69) is 10.6 Å². The number of nitrogens with one attached hydrogen (secondary N) is 2. The summed E-state index contributed by atoms with van der Waals surface area (Å²) in [5.74, 6) is 0.0824. The van der Waals surface area contributed by atoms with E-state index < -0.39 is 0 Å². The van der Waals surface area contributed by atoms with E-state index in [0.29, 0.717) is 0 Å². The molecular formula is C16H22N2O2. The van der Waals surface area contributed by atoms with Crippen molar-refractivity contribution in [3.8, 4) is 0 Å². The lowest BCUT2D eigenvalue weighted by atomic mass is 9.88. The third-order valence-corrected chi connectivity index (χ3v) is 4.19. The summed E-state index contributed by atoms with van der Waals surface area (Å²) in [5, 5.41) is 6.44. The van der Waals surface area contributed by atoms with Gasteiger partial charge in [0.1, 0.15) is 0 Å². The quantitative estimate of drug-likeness (QED) is 0.881. The molecule has 4 heteroatoms. The third-order valence-electron chi connectivity index (χ3n) is 4.19. The van der Waals surface area contributed by atoms with Gasteiger partial charge in [0.25, 0.3) is 0 Å². The second-order valence-electron chi connectivity index (χ2n) is 5.65. The summed E-state index contributed by atoms with van der Waals surface area (Å²) in [7, 11) is 0. The Hall–Kier alpha value is -1.39. The van der Waals surface area contributed by atoms with Gasteiger partial charge >= 0.3 is 0 Å². The Bertz CT molecular complexity index is 443. The van der Waals surface area contributed by atoms with Crippen LogP contribution >= 0.6 is 0 Å². The predicted molar refractivity (Wildman–Crippen MR) is 77.3 cm³/mol. The molecule has 0 aromatic heterocycles. The molecule has 20 heavy (non-hydrogen) atoms. The van der Waals surface area contributed by atoms with Crippen LogP contribution in [0.5, 0.6) is 0 Å². The van der Waals surface area contributed by atoms with Crippen LogP contribution in [0.15, 0.2) is 30.3 Å². The second-order valence-corrected chi connectivity index (χ2v) is 5.65. The van der Waals surface area contributed by atoms with E-state index in [1.165, 1.54) is 0 Å². The highest BCUT2D eigenvalue weighted by molar-refractivity contribution is 5.80. The largest absolute Gasteiger partial charge is 0.373 e. The zero-order chi connectivity index (χ0) is 13.8. The molecule has 3 atom stereocenters. The Balaban J connectivity index is 1.70. The highest BCUT2D eigenvalue weighted by atomic mass is 16.5. The number of carbonyl (C=O) groups is 1. The first-order valence-electron chi connectivity index (χ1n) is 7.52. The van der Waals surface area contributed by atoms with Crippen molar-refractivity contribution in [3.63, 3.8) is 0 Å². The summed E-state index contributed by atoms with van der Waals surface area (Å²) in [6.07, 6.45) is 2.80. The lowest BCUT2D eigenvalue weighted by molar-refractivity contribution is -0.135. The Morgan fingerprint density at radius 1 is 1.25 bits per heavy atom. The summed E-state index contributed by atoms with van der Waals surface area (Å²) in [5.41, 5.74) is 1.11. The molecule has 1 aromatic carbocycles. The first-order chi connectivity index (χ1) is 9.84. The molecular weight excluding hydrogens is 252 g/mol. The van der Waals surface area contributed by atoms with E-state index in [-0.39, 0.29) is 24.0 Å². The van der Waals surface area contributed by atoms with Gasteiger partial charge in [-0.25, -0.2) is 0 Å². The Kier molecular flexibility index (Phi) is 4.33. The average Bonchev–Trinajstić information content (AvgIpc) is 3.01. The molecule has 2 heterocycles. The molecule has 1 aromatic rings. The van der Waals surface area contributed by atoms with Gasteiger partial charge in [-0.1, -0.05) is 30.3 Å². The van der Waals surface area contributed by atoms with E-state index in [0.717, 1.165) is 44.5 Å². The molecule has 2 unspecified atom stereocenters. The Morgan fingerprint density at radius 3 is 2.85 bits per heavy atom. The number of hydrogen-bond donors (Lipinski definition) is 2. The van der Waals surface area contributed by atoms with Gasteiger partial charge in [-0.3, -0.25) is 4.79 Å². The minimum Gasteiger partial charge on any atom is -0.373 e. The highest BCUT2D eigenvalue weighted by Crippen LogP contribution is 2.33. The molecule has 3 rings (SSSR count). The topological polar surface area (TPSA) is 50.4 Å². The van der Waals surface area contributed by atoms with Crippen molar-refractivity contribution in [2.75, 3.05) is 19.7 Å². The Morgan fingerprint density at radius 2 is 2.10 bits per heavy atom. The van der Waals surface area contributed by atoms with Crippen molar-refractivity contribution in [1.82, 2.24) is 10.6 Å². The van der Waals surface area contributed by atoms with Gasteiger partial charge in [-0.05, 0) is 31.4 Å². The van der Waals surface area contributed by atoms with Gasteiger partial charge < -0.3 is 15.4 Å². The molecule has 2 aliphatic rings. The fourth-order valence-electron chi connectivity index (χ4n) is 3.11. The number of rotatable bonds is 3. The SMILES string of the molecule is O=C(N[C@H]1CCNC1)C1CCCOC1c1ccccc1. The van der Waals surface area contributed by atoms with Gasteiger partial charge in [0.2, 0.25) is 5.91 Å². The van der Waals surface area contributed by atoms with Crippen molar-refractivity contribution in [2.24, 2.45) is 5.92 Å². The van der Waals surface area contributed by atoms with Gasteiger partial charge in [0, 0.05) is 19.2 Å². The van der Waals surface area contributed by atoms with Crippen molar-refractivity contribution < 1.29 is 9.53 Å². The fourth-order valence-corrected chi connectivity index (χ4v) is 3.11. The van der Waals surface area contributed by atoms with E-state index in [1.54, 1.807) is 0 Å². The number of carbonyl (C=O) groups excluding carboxylic acids is 1. The van der Waals surface area contributed by atoms with Crippen LogP contribution in [-0.2, 0) is 9.53 Å². The molecule has 2 fully saturated rings. The van der Waals surface area contributed by atoms with Crippen molar-refractivity contribution in [2.45, 2.75) is 31.4 Å². The first kappa shape index (κ1) is 13.6. The summed E-state index contributed by atoms with van der Waals surface area (Å²) in [4.78, 5) is 12.5. The molecule has 0 aliphatic carbocycles. The second kappa shape index (κ2) is 6.37. The molecule has 0 saturated carbocycles. The number of ether oxygens (including phenoxy) is 1. The van der Waals surface area contributed by atoms with E-state index in [4.69, 9.17) is 4.74 Å². The maximum absolute atomic E-state index is 12.5. The molecule has 0 bridgehead atoms. The number of hydrogen-bond acceptors (Lipinski definition) is 3. The summed E-state index contributed by atoms with van der Waals surface area (Å²) in [6, 6.07) is 10.4. The lowest BCUT2D eigenvalue weighted by Gasteiger charge is -2.32. The Labute approximate surface area is 119 Å². The molecule has 2 aliphatic heterocycles. The van der Waals surface area contributed by atoms with E-state index >= 15 is 0 Å². The van der Waals surface area contributed by atoms with Crippen LogP contribution in [0, 0.1) is 5.92 Å². The van der Waals surface area contributed by atoms with Crippen LogP contribution in [-0.4, -0.2) is 31.6 Å². The van der Waals surface area contributed by atoms with E-state index in [1.807, 2.05) is 30.3 Å². The highest BCUT2D eigenvalue weighted by Gasteiger charge is 2.34. The number of benzene rings is 1. The molecule has 0 radical (unpaired) electrons. The van der Waals surface area contributed by atoms with Crippen molar-refractivity contribution in [1.29, 1.82) is 0 Å². The van der Waals surface area contributed by atoms with Crippen LogP contribution in [0.25, 0.3) is 0 Å². The molecule has 2 N–H and O–H groups in total. The van der Waals surface area contributed by atoms with Crippen LogP contribution < -0.4 is 10.6 Å². The molecule has 0 spiro atoms. The van der Waals surface area contributed by atoms with Gasteiger partial charge in [-0.15, -0.1) is 0 Å². The smallest absolute Gasteiger partial charge is 0.226 e. The minimum atomic E-state index is -0.0979. The third kappa shape index (κ3) is 3.02. The van der Waals surface area contributed by atoms with Crippen molar-refractivity contribution >= 4 is 5.91 Å². The zero-order valence-corrected chi connectivity index (χ0v) is 11.7. The predicted octanol–water partition coefficient (Wildman–Crippen LogP) is 1.63. The van der Waals surface area contributed by atoms with Crippen LogP contribution in [0.4, 0.5) is 0 Å². The zero-order valence-electron chi connectivity index (χ0n) is 11.7. The van der Waals surface area contributed by atoms with Crippen molar-refractivity contribution in [3.05, 3.63) is 35.9 Å². The normalized spacial score (nSPS) is 30.1. The maximum Gasteiger partial charge on any atom is 0.226 e. The van der Waals surface area contributed by atoms with Gasteiger partial charge in [-0.2, -0.15) is 0 Å². The summed E-state index contributed by atoms with van der Waals surface area (Å²) >= 11 is 0. The standard InChI is InChI=1S/C16H22N2O2/c19-16(18-13-8-9-17-11-13)14-7-4-10-20-15(14)12-5-2-1-3-6-12/h1-3,5-6,13-15,17H,4,7-11H2,(H,18,19)/t13-,14?,15?/m0/s1. The first-order valence-corrected chi connectivity index (χ1v) is 7.52. The minimum absolute atomic E-state index is 0.0632. The monoisotopic (exact) mass is 274 g/mol. The number of amides is 1. The molecule has 2 saturated heterocycles. The van der Waals surface area contributed by atoms with E-state index in [9.17, 15) is 4.79 Å². The van der Waals surface area contributed by atoms with Gasteiger partial charge in [0.15, 0.2) is 0 Å². The summed E-state index contributed by atoms with van der Waals surface area (Å²) in [6.45, 7) is 2.62. The van der Waals surface area contributed by atoms with Crippen LogP contribution in [0.2, 0.25) is 0 Å². The van der Waals surface area contributed by atoms with Gasteiger partial charge in [0.05, 0.1) is 12.0 Å². The maximum atomic E-state index is 12.5. The average molecular weight is 274 g/mol. The van der Waals surface area contributed by atoms with Crippen LogP contribution in [0.1, 0.15) is 30.9 Å². The molecule has 108 valence electrons. The molecule has 4 nitrogen and oxygen atoms in total.